The summed E-state index contributed by atoms with van der Waals surface area (Å²) in [4.78, 5) is 18.2. The van der Waals surface area contributed by atoms with Crippen molar-refractivity contribution in [3.05, 3.63) is 66.0 Å². The Morgan fingerprint density at radius 3 is 2.54 bits per heavy atom. The molecular weight excluding hydrogens is 302 g/mol. The van der Waals surface area contributed by atoms with E-state index in [0.29, 0.717) is 13.0 Å². The van der Waals surface area contributed by atoms with Crippen molar-refractivity contribution in [1.29, 1.82) is 0 Å². The zero-order chi connectivity index (χ0) is 17.4. The molecule has 0 spiro atoms. The Balaban J connectivity index is 1.95. The first-order valence-electron chi connectivity index (χ1n) is 8.20. The van der Waals surface area contributed by atoms with Crippen molar-refractivity contribution in [2.24, 2.45) is 0 Å². The van der Waals surface area contributed by atoms with Crippen LogP contribution >= 0.6 is 0 Å². The summed E-state index contributed by atoms with van der Waals surface area (Å²) >= 11 is 0. The number of nitrogens with one attached hydrogen (secondary N) is 1. The van der Waals surface area contributed by atoms with Crippen LogP contribution in [0.15, 0.2) is 54.9 Å². The van der Waals surface area contributed by atoms with Gasteiger partial charge in [0.1, 0.15) is 0 Å². The van der Waals surface area contributed by atoms with E-state index in [-0.39, 0.29) is 24.6 Å². The molecular formula is C19H25N3O2. The maximum atomic E-state index is 12.4. The molecule has 2 aromatic rings. The second-order valence-corrected chi connectivity index (χ2v) is 5.88. The maximum absolute atomic E-state index is 12.4. The highest BCUT2D eigenvalue weighted by molar-refractivity contribution is 5.74. The zero-order valence-electron chi connectivity index (χ0n) is 14.2. The van der Waals surface area contributed by atoms with Crippen LogP contribution < -0.4 is 5.32 Å². The van der Waals surface area contributed by atoms with Gasteiger partial charge in [0.15, 0.2) is 0 Å². The predicted octanol–water partition coefficient (Wildman–Crippen LogP) is 2.95. The first kappa shape index (κ1) is 17.9. The summed E-state index contributed by atoms with van der Waals surface area (Å²) in [5.41, 5.74) is 2.11. The van der Waals surface area contributed by atoms with Crippen LogP contribution in [0.25, 0.3) is 0 Å². The highest BCUT2D eigenvalue weighted by atomic mass is 16.3. The number of hydrogen-bond acceptors (Lipinski definition) is 3. The molecule has 2 amide bonds. The third kappa shape index (κ3) is 4.80. The Labute approximate surface area is 143 Å². The second-order valence-electron chi connectivity index (χ2n) is 5.88. The van der Waals surface area contributed by atoms with Crippen molar-refractivity contribution in [2.45, 2.75) is 25.3 Å². The van der Waals surface area contributed by atoms with E-state index in [4.69, 9.17) is 0 Å². The van der Waals surface area contributed by atoms with Crippen LogP contribution in [0, 0.1) is 0 Å². The molecule has 5 heteroatoms. The highest BCUT2D eigenvalue weighted by Crippen LogP contribution is 2.20. The highest BCUT2D eigenvalue weighted by Gasteiger charge is 2.19. The van der Waals surface area contributed by atoms with Gasteiger partial charge in [0.2, 0.25) is 0 Å². The average molecular weight is 327 g/mol. The number of urea groups is 1. The zero-order valence-corrected chi connectivity index (χ0v) is 14.2. The van der Waals surface area contributed by atoms with Crippen molar-refractivity contribution in [3.8, 4) is 0 Å². The van der Waals surface area contributed by atoms with E-state index in [2.05, 4.69) is 10.3 Å². The number of aromatic nitrogens is 1. The molecule has 0 aliphatic rings. The topological polar surface area (TPSA) is 65.5 Å². The lowest BCUT2D eigenvalue weighted by molar-refractivity contribution is 0.192. The van der Waals surface area contributed by atoms with Crippen LogP contribution in [0.5, 0.6) is 0 Å². The average Bonchev–Trinajstić information content (AvgIpc) is 2.65. The molecule has 0 radical (unpaired) electrons. The van der Waals surface area contributed by atoms with Crippen LogP contribution in [0.3, 0.4) is 0 Å². The molecule has 0 aliphatic carbocycles. The van der Waals surface area contributed by atoms with Gasteiger partial charge < -0.3 is 15.3 Å². The monoisotopic (exact) mass is 327 g/mol. The molecule has 5 nitrogen and oxygen atoms in total. The summed E-state index contributed by atoms with van der Waals surface area (Å²) in [6.07, 6.45) is 4.11. The van der Waals surface area contributed by atoms with Gasteiger partial charge >= 0.3 is 6.03 Å². The van der Waals surface area contributed by atoms with Crippen LogP contribution in [-0.2, 0) is 0 Å². The minimum absolute atomic E-state index is 0.0632. The van der Waals surface area contributed by atoms with Crippen LogP contribution in [-0.4, -0.2) is 41.2 Å². The number of pyridine rings is 1. The molecule has 0 aliphatic heterocycles. The van der Waals surface area contributed by atoms with Gasteiger partial charge in [0.05, 0.1) is 6.04 Å². The summed E-state index contributed by atoms with van der Waals surface area (Å²) in [6, 6.07) is 13.6. The lowest BCUT2D eigenvalue weighted by atomic mass is 9.96. The molecule has 1 aromatic carbocycles. The molecule has 0 bridgehead atoms. The summed E-state index contributed by atoms with van der Waals surface area (Å²) in [6.45, 7) is 2.56. The first-order valence-corrected chi connectivity index (χ1v) is 8.20. The molecule has 0 saturated carbocycles. The van der Waals surface area contributed by atoms with Crippen molar-refractivity contribution in [1.82, 2.24) is 15.2 Å². The summed E-state index contributed by atoms with van der Waals surface area (Å²) in [7, 11) is 1.77. The third-order valence-corrected chi connectivity index (χ3v) is 4.32. The molecule has 0 saturated heterocycles. The second kappa shape index (κ2) is 9.03. The Bertz CT molecular complexity index is 619. The van der Waals surface area contributed by atoms with Gasteiger partial charge in [0.25, 0.3) is 0 Å². The lowest BCUT2D eigenvalue weighted by Crippen LogP contribution is -2.40. The van der Waals surface area contributed by atoms with Crippen LogP contribution in [0.1, 0.15) is 36.4 Å². The normalized spacial score (nSPS) is 13.1. The third-order valence-electron chi connectivity index (χ3n) is 4.32. The van der Waals surface area contributed by atoms with Gasteiger partial charge in [-0.2, -0.15) is 0 Å². The number of aliphatic hydroxyl groups excluding tert-OH is 1. The van der Waals surface area contributed by atoms with Gasteiger partial charge in [-0.1, -0.05) is 36.4 Å². The smallest absolute Gasteiger partial charge is 0.317 e. The van der Waals surface area contributed by atoms with E-state index in [0.717, 1.165) is 11.1 Å². The number of carbonyl (C=O) groups is 1. The SMILES string of the molecule is CC(c1cccnc1)N(C)C(=O)NCC(CCO)c1ccccc1. The van der Waals surface area contributed by atoms with E-state index < -0.39 is 0 Å². The molecule has 24 heavy (non-hydrogen) atoms. The van der Waals surface area contributed by atoms with Crippen LogP contribution in [0.4, 0.5) is 4.79 Å². The Kier molecular flexibility index (Phi) is 6.75. The van der Waals surface area contributed by atoms with Gasteiger partial charge in [0, 0.05) is 38.5 Å². The predicted molar refractivity (Wildman–Crippen MR) is 94.7 cm³/mol. The molecule has 1 aromatic heterocycles. The van der Waals surface area contributed by atoms with Crippen molar-refractivity contribution >= 4 is 6.03 Å². The fourth-order valence-electron chi connectivity index (χ4n) is 2.63. The quantitative estimate of drug-likeness (QED) is 0.822. The minimum Gasteiger partial charge on any atom is -0.396 e. The number of carbonyl (C=O) groups excluding carboxylic acids is 1. The molecule has 128 valence electrons. The van der Waals surface area contributed by atoms with E-state index in [1.165, 1.54) is 0 Å². The van der Waals surface area contributed by atoms with E-state index in [9.17, 15) is 9.90 Å². The van der Waals surface area contributed by atoms with Gasteiger partial charge in [-0.3, -0.25) is 4.98 Å². The molecule has 1 heterocycles. The van der Waals surface area contributed by atoms with Gasteiger partial charge in [-0.05, 0) is 30.5 Å². The Morgan fingerprint density at radius 1 is 1.21 bits per heavy atom. The van der Waals surface area contributed by atoms with Gasteiger partial charge in [-0.25, -0.2) is 4.79 Å². The molecule has 2 N–H and O–H groups in total. The Hall–Kier alpha value is -2.40. The largest absolute Gasteiger partial charge is 0.396 e. The van der Waals surface area contributed by atoms with Crippen molar-refractivity contribution in [3.63, 3.8) is 0 Å². The molecule has 2 rings (SSSR count). The summed E-state index contributed by atoms with van der Waals surface area (Å²) in [5, 5.41) is 12.3. The van der Waals surface area contributed by atoms with Crippen molar-refractivity contribution in [2.75, 3.05) is 20.2 Å². The first-order chi connectivity index (χ1) is 11.6. The number of benzene rings is 1. The lowest BCUT2D eigenvalue weighted by Gasteiger charge is -2.26. The van der Waals surface area contributed by atoms with Crippen molar-refractivity contribution < 1.29 is 9.90 Å². The summed E-state index contributed by atoms with van der Waals surface area (Å²) < 4.78 is 0. The standard InChI is InChI=1S/C19H25N3O2/c1-15(17-9-6-11-20-13-17)22(2)19(24)21-14-18(10-12-23)16-7-4-3-5-8-16/h3-9,11,13,15,18,23H,10,12,14H2,1-2H3,(H,21,24). The summed E-state index contributed by atoms with van der Waals surface area (Å²) in [5.74, 6) is 0.0993. The van der Waals surface area contributed by atoms with Gasteiger partial charge in [-0.15, -0.1) is 0 Å². The number of rotatable bonds is 7. The van der Waals surface area contributed by atoms with E-state index in [1.807, 2.05) is 49.4 Å². The number of hydrogen-bond donors (Lipinski definition) is 2. The molecule has 2 atom stereocenters. The van der Waals surface area contributed by atoms with E-state index >= 15 is 0 Å². The fraction of sp³-hybridized carbons (Fsp3) is 0.368. The number of amides is 2. The van der Waals surface area contributed by atoms with Crippen LogP contribution in [0.2, 0.25) is 0 Å². The number of aliphatic hydroxyl groups is 1. The van der Waals surface area contributed by atoms with E-state index in [1.54, 1.807) is 24.3 Å². The molecule has 0 fully saturated rings. The number of nitrogens with zero attached hydrogens (tertiary/aromatic N) is 2. The minimum atomic E-state index is -0.134. The maximum Gasteiger partial charge on any atom is 0.317 e. The fourth-order valence-corrected chi connectivity index (χ4v) is 2.63. The Morgan fingerprint density at radius 2 is 1.92 bits per heavy atom. The molecule has 2 unspecified atom stereocenters.